The predicted molar refractivity (Wildman–Crippen MR) is 64.3 cm³/mol. The summed E-state index contributed by atoms with van der Waals surface area (Å²) in [7, 11) is -5.39. The molecule has 1 aliphatic heterocycles. The number of hydrogen-bond donors (Lipinski definition) is 1. The van der Waals surface area contributed by atoms with Gasteiger partial charge in [0.25, 0.3) is 0 Å². The van der Waals surface area contributed by atoms with Gasteiger partial charge in [0.1, 0.15) is 5.60 Å². The van der Waals surface area contributed by atoms with Crippen molar-refractivity contribution < 1.29 is 31.1 Å². The van der Waals surface area contributed by atoms with Crippen molar-refractivity contribution in [1.82, 2.24) is 9.62 Å². The zero-order chi connectivity index (χ0) is 15.8. The summed E-state index contributed by atoms with van der Waals surface area (Å²) in [6, 6.07) is -0.964. The van der Waals surface area contributed by atoms with Crippen molar-refractivity contribution in [2.45, 2.75) is 44.3 Å². The first-order valence-electron chi connectivity index (χ1n) is 5.88. The highest BCUT2D eigenvalue weighted by Gasteiger charge is 2.47. The molecule has 0 spiro atoms. The normalized spacial score (nSPS) is 21.1. The molecule has 10 heteroatoms. The van der Waals surface area contributed by atoms with Crippen LogP contribution >= 0.6 is 0 Å². The monoisotopic (exact) mass is 318 g/mol. The summed E-state index contributed by atoms with van der Waals surface area (Å²) in [5.74, 6) is 0. The molecule has 0 saturated carbocycles. The highest BCUT2D eigenvalue weighted by atomic mass is 32.2. The van der Waals surface area contributed by atoms with E-state index in [1.54, 1.807) is 25.5 Å². The van der Waals surface area contributed by atoms with Crippen molar-refractivity contribution in [2.75, 3.05) is 13.1 Å². The summed E-state index contributed by atoms with van der Waals surface area (Å²) in [6.07, 6.45) is -0.569. The lowest BCUT2D eigenvalue weighted by atomic mass is 10.2. The molecule has 6 nitrogen and oxygen atoms in total. The molecule has 0 aromatic carbocycles. The standard InChI is InChI=1S/C10H17F3N2O4S/c1-9(2,3)19-8(16)15-5-4-7(6-15)14-20(17,18)10(11,12)13/h7,14H,4-6H2,1-3H3. The summed E-state index contributed by atoms with van der Waals surface area (Å²) in [5.41, 5.74) is -6.08. The number of sulfonamides is 1. The molecule has 1 heterocycles. The number of halogens is 3. The summed E-state index contributed by atoms with van der Waals surface area (Å²) in [4.78, 5) is 12.8. The van der Waals surface area contributed by atoms with E-state index in [-0.39, 0.29) is 19.5 Å². The molecule has 0 radical (unpaired) electrons. The molecule has 0 aliphatic carbocycles. The molecule has 0 bridgehead atoms. The van der Waals surface area contributed by atoms with Crippen LogP contribution < -0.4 is 4.72 Å². The Balaban J connectivity index is 2.59. The maximum atomic E-state index is 12.2. The minimum Gasteiger partial charge on any atom is -0.444 e. The Labute approximate surface area is 115 Å². The first-order chi connectivity index (χ1) is 8.82. The van der Waals surface area contributed by atoms with E-state index in [9.17, 15) is 26.4 Å². The number of rotatable bonds is 2. The molecule has 1 unspecified atom stereocenters. The number of carbonyl (C=O) groups is 1. The van der Waals surface area contributed by atoms with Gasteiger partial charge in [-0.2, -0.15) is 13.2 Å². The lowest BCUT2D eigenvalue weighted by molar-refractivity contribution is -0.0450. The Morgan fingerprint density at radius 2 is 1.85 bits per heavy atom. The third-order valence-corrected chi connectivity index (χ3v) is 3.72. The Bertz CT molecular complexity index is 470. The van der Waals surface area contributed by atoms with Crippen LogP contribution in [0.5, 0.6) is 0 Å². The summed E-state index contributed by atoms with van der Waals surface area (Å²) in [6.45, 7) is 4.96. The fourth-order valence-corrected chi connectivity index (χ4v) is 2.40. The number of carbonyl (C=O) groups excluding carboxylic acids is 1. The van der Waals surface area contributed by atoms with Gasteiger partial charge in [-0.3, -0.25) is 0 Å². The molecule has 1 rings (SSSR count). The van der Waals surface area contributed by atoms with Crippen molar-refractivity contribution in [3.05, 3.63) is 0 Å². The number of hydrogen-bond acceptors (Lipinski definition) is 4. The third kappa shape index (κ3) is 4.51. The van der Waals surface area contributed by atoms with Gasteiger partial charge in [-0.25, -0.2) is 17.9 Å². The van der Waals surface area contributed by atoms with Gasteiger partial charge in [0.05, 0.1) is 0 Å². The van der Waals surface area contributed by atoms with Crippen molar-refractivity contribution in [3.63, 3.8) is 0 Å². The zero-order valence-corrected chi connectivity index (χ0v) is 12.1. The average Bonchev–Trinajstić information content (AvgIpc) is 2.60. The first kappa shape index (κ1) is 17.0. The first-order valence-corrected chi connectivity index (χ1v) is 7.37. The van der Waals surface area contributed by atoms with Gasteiger partial charge < -0.3 is 9.64 Å². The van der Waals surface area contributed by atoms with E-state index in [2.05, 4.69) is 0 Å². The Hall–Kier alpha value is -1.03. The minimum absolute atomic E-state index is 0.106. The maximum Gasteiger partial charge on any atom is 0.511 e. The second-order valence-corrected chi connectivity index (χ2v) is 7.18. The van der Waals surface area contributed by atoms with Gasteiger partial charge in [-0.15, -0.1) is 0 Å². The fourth-order valence-electron chi connectivity index (χ4n) is 1.64. The van der Waals surface area contributed by atoms with Crippen LogP contribution in [0.25, 0.3) is 0 Å². The van der Waals surface area contributed by atoms with Crippen LogP contribution in [0.15, 0.2) is 0 Å². The molecule has 0 aromatic heterocycles. The average molecular weight is 318 g/mol. The Kier molecular flexibility index (Phi) is 4.59. The van der Waals surface area contributed by atoms with Gasteiger partial charge >= 0.3 is 21.6 Å². The van der Waals surface area contributed by atoms with Crippen molar-refractivity contribution in [2.24, 2.45) is 0 Å². The SMILES string of the molecule is CC(C)(C)OC(=O)N1CCC(NS(=O)(=O)C(F)(F)F)C1. The van der Waals surface area contributed by atoms with Crippen LogP contribution in [0.3, 0.4) is 0 Å². The van der Waals surface area contributed by atoms with E-state index in [4.69, 9.17) is 4.74 Å². The van der Waals surface area contributed by atoms with Crippen LogP contribution in [0.2, 0.25) is 0 Å². The predicted octanol–water partition coefficient (Wildman–Crippen LogP) is 1.44. The van der Waals surface area contributed by atoms with Crippen molar-refractivity contribution >= 4 is 16.1 Å². The van der Waals surface area contributed by atoms with E-state index < -0.39 is 33.3 Å². The zero-order valence-electron chi connectivity index (χ0n) is 11.3. The number of amides is 1. The highest BCUT2D eigenvalue weighted by molar-refractivity contribution is 7.90. The molecule has 1 N–H and O–H groups in total. The molecule has 1 atom stereocenters. The summed E-state index contributed by atoms with van der Waals surface area (Å²) < 4.78 is 65.1. The second-order valence-electron chi connectivity index (χ2n) is 5.48. The third-order valence-electron chi connectivity index (χ3n) is 2.47. The molecule has 1 aliphatic rings. The summed E-state index contributed by atoms with van der Waals surface area (Å²) >= 11 is 0. The molecule has 0 aromatic rings. The number of likely N-dealkylation sites (tertiary alicyclic amines) is 1. The van der Waals surface area contributed by atoms with Crippen LogP contribution in [0.4, 0.5) is 18.0 Å². The lowest BCUT2D eigenvalue weighted by Crippen LogP contribution is -2.44. The minimum atomic E-state index is -5.39. The van der Waals surface area contributed by atoms with Gasteiger partial charge in [0.2, 0.25) is 0 Å². The second kappa shape index (κ2) is 5.40. The molecule has 1 amide bonds. The van der Waals surface area contributed by atoms with Crippen molar-refractivity contribution in [1.29, 1.82) is 0 Å². The maximum absolute atomic E-state index is 12.2. The molecule has 118 valence electrons. The topological polar surface area (TPSA) is 75.7 Å². The number of nitrogens with one attached hydrogen (secondary N) is 1. The molecular weight excluding hydrogens is 301 g/mol. The molecule has 20 heavy (non-hydrogen) atoms. The van der Waals surface area contributed by atoms with E-state index in [0.717, 1.165) is 0 Å². The Morgan fingerprint density at radius 3 is 2.30 bits per heavy atom. The van der Waals surface area contributed by atoms with Gasteiger partial charge in [0.15, 0.2) is 0 Å². The van der Waals surface area contributed by atoms with E-state index in [0.29, 0.717) is 0 Å². The molecular formula is C10H17F3N2O4S. The van der Waals surface area contributed by atoms with Gasteiger partial charge in [-0.05, 0) is 27.2 Å². The van der Waals surface area contributed by atoms with Crippen LogP contribution in [0.1, 0.15) is 27.2 Å². The number of alkyl halides is 3. The van der Waals surface area contributed by atoms with Crippen molar-refractivity contribution in [3.8, 4) is 0 Å². The van der Waals surface area contributed by atoms with E-state index >= 15 is 0 Å². The van der Waals surface area contributed by atoms with E-state index in [1.165, 1.54) is 4.90 Å². The fraction of sp³-hybridized carbons (Fsp3) is 0.900. The quantitative estimate of drug-likeness (QED) is 0.836. The van der Waals surface area contributed by atoms with Gasteiger partial charge in [-0.1, -0.05) is 0 Å². The van der Waals surface area contributed by atoms with Crippen LogP contribution in [0, 0.1) is 0 Å². The summed E-state index contributed by atoms with van der Waals surface area (Å²) in [5, 5.41) is 0. The van der Waals surface area contributed by atoms with Crippen LogP contribution in [-0.4, -0.2) is 49.7 Å². The number of nitrogens with zero attached hydrogens (tertiary/aromatic N) is 1. The number of ether oxygens (including phenoxy) is 1. The van der Waals surface area contributed by atoms with Gasteiger partial charge in [0, 0.05) is 19.1 Å². The lowest BCUT2D eigenvalue weighted by Gasteiger charge is -2.24. The Morgan fingerprint density at radius 1 is 1.30 bits per heavy atom. The smallest absolute Gasteiger partial charge is 0.444 e. The largest absolute Gasteiger partial charge is 0.511 e. The molecule has 1 fully saturated rings. The van der Waals surface area contributed by atoms with E-state index in [1.807, 2.05) is 0 Å². The highest BCUT2D eigenvalue weighted by Crippen LogP contribution is 2.24. The van der Waals surface area contributed by atoms with Crippen LogP contribution in [-0.2, 0) is 14.8 Å². The molecule has 1 saturated heterocycles.